The summed E-state index contributed by atoms with van der Waals surface area (Å²) < 4.78 is 5.07. The number of hydrogen-bond donors (Lipinski definition) is 1. The van der Waals surface area contributed by atoms with Crippen molar-refractivity contribution in [3.63, 3.8) is 0 Å². The van der Waals surface area contributed by atoms with Gasteiger partial charge in [0, 0.05) is 24.7 Å². The first-order chi connectivity index (χ1) is 9.15. The fourth-order valence-corrected chi connectivity index (χ4v) is 2.74. The summed E-state index contributed by atoms with van der Waals surface area (Å²) in [5.41, 5.74) is 1.58. The van der Waals surface area contributed by atoms with E-state index in [-0.39, 0.29) is 5.91 Å². The zero-order chi connectivity index (χ0) is 13.8. The molecule has 0 unspecified atom stereocenters. The van der Waals surface area contributed by atoms with E-state index in [1.165, 1.54) is 11.3 Å². The highest BCUT2D eigenvalue weighted by atomic mass is 35.5. The van der Waals surface area contributed by atoms with Gasteiger partial charge >= 0.3 is 0 Å². The summed E-state index contributed by atoms with van der Waals surface area (Å²) in [7, 11) is 3.18. The van der Waals surface area contributed by atoms with Gasteiger partial charge in [-0.25, -0.2) is 4.98 Å². The van der Waals surface area contributed by atoms with Crippen LogP contribution in [0.15, 0.2) is 24.3 Å². The molecule has 0 aliphatic heterocycles. The number of nitrogens with one attached hydrogen (secondary N) is 1. The van der Waals surface area contributed by atoms with Crippen LogP contribution in [0.2, 0.25) is 5.02 Å². The molecule has 1 amide bonds. The molecule has 0 saturated carbocycles. The van der Waals surface area contributed by atoms with Crippen molar-refractivity contribution < 1.29 is 9.53 Å². The molecule has 1 aromatic carbocycles. The third-order valence-electron chi connectivity index (χ3n) is 2.50. The summed E-state index contributed by atoms with van der Waals surface area (Å²) in [5, 5.41) is 4.06. The van der Waals surface area contributed by atoms with E-state index in [1.54, 1.807) is 26.3 Å². The minimum absolute atomic E-state index is 0.148. The van der Waals surface area contributed by atoms with Crippen LogP contribution in [0.3, 0.4) is 0 Å². The lowest BCUT2D eigenvalue weighted by Gasteiger charge is -1.98. The molecular formula is C13H13ClN2O2S. The smallest absolute Gasteiger partial charge is 0.263 e. The second-order valence-electron chi connectivity index (χ2n) is 3.81. The molecule has 1 N–H and O–H groups in total. The number of amides is 1. The number of aromatic nitrogens is 1. The van der Waals surface area contributed by atoms with Gasteiger partial charge < -0.3 is 10.1 Å². The van der Waals surface area contributed by atoms with E-state index in [0.717, 1.165) is 10.6 Å². The summed E-state index contributed by atoms with van der Waals surface area (Å²) in [6, 6.07) is 7.36. The van der Waals surface area contributed by atoms with Crippen LogP contribution in [0.4, 0.5) is 0 Å². The molecular weight excluding hydrogens is 284 g/mol. The van der Waals surface area contributed by atoms with Crippen LogP contribution in [-0.2, 0) is 11.3 Å². The number of halogens is 1. The Balaban J connectivity index is 2.41. The van der Waals surface area contributed by atoms with Crippen molar-refractivity contribution in [1.82, 2.24) is 10.3 Å². The first kappa shape index (κ1) is 14.0. The molecule has 0 aliphatic rings. The summed E-state index contributed by atoms with van der Waals surface area (Å²) in [6.45, 7) is 0.312. The van der Waals surface area contributed by atoms with Crippen LogP contribution >= 0.6 is 22.9 Å². The minimum atomic E-state index is -0.148. The normalized spacial score (nSPS) is 10.5. The molecule has 0 fully saturated rings. The summed E-state index contributed by atoms with van der Waals surface area (Å²) in [4.78, 5) is 16.8. The van der Waals surface area contributed by atoms with Gasteiger partial charge in [-0.05, 0) is 12.1 Å². The summed E-state index contributed by atoms with van der Waals surface area (Å²) in [6.07, 6.45) is 0. The molecule has 0 atom stereocenters. The average molecular weight is 297 g/mol. The predicted octanol–water partition coefficient (Wildman–Crippen LogP) is 2.97. The van der Waals surface area contributed by atoms with E-state index in [9.17, 15) is 4.79 Å². The molecule has 6 heteroatoms. The third-order valence-corrected chi connectivity index (χ3v) is 3.90. The van der Waals surface area contributed by atoms with E-state index in [0.29, 0.717) is 22.2 Å². The molecule has 1 aromatic heterocycles. The number of benzene rings is 1. The lowest BCUT2D eigenvalue weighted by atomic mass is 10.2. The van der Waals surface area contributed by atoms with Crippen LogP contribution in [0, 0.1) is 0 Å². The molecule has 0 saturated heterocycles. The Morgan fingerprint density at radius 1 is 1.42 bits per heavy atom. The fourth-order valence-electron chi connectivity index (χ4n) is 1.59. The van der Waals surface area contributed by atoms with E-state index in [4.69, 9.17) is 16.3 Å². The monoisotopic (exact) mass is 296 g/mol. The number of hydrogen-bond acceptors (Lipinski definition) is 4. The number of nitrogens with zero attached hydrogens (tertiary/aromatic N) is 1. The van der Waals surface area contributed by atoms with E-state index in [1.807, 2.05) is 12.1 Å². The van der Waals surface area contributed by atoms with Crippen molar-refractivity contribution >= 4 is 28.8 Å². The molecule has 0 aliphatic carbocycles. The van der Waals surface area contributed by atoms with Crippen molar-refractivity contribution in [3.8, 4) is 10.6 Å². The topological polar surface area (TPSA) is 51.2 Å². The van der Waals surface area contributed by atoms with E-state index < -0.39 is 0 Å². The first-order valence-corrected chi connectivity index (χ1v) is 6.81. The molecule has 0 spiro atoms. The number of rotatable bonds is 4. The zero-order valence-corrected chi connectivity index (χ0v) is 12.1. The molecule has 2 rings (SSSR count). The van der Waals surface area contributed by atoms with Crippen LogP contribution in [0.5, 0.6) is 0 Å². The van der Waals surface area contributed by atoms with Crippen LogP contribution < -0.4 is 5.32 Å². The Kier molecular flexibility index (Phi) is 4.52. The van der Waals surface area contributed by atoms with Crippen molar-refractivity contribution in [1.29, 1.82) is 0 Å². The lowest BCUT2D eigenvalue weighted by Crippen LogP contribution is -2.18. The molecule has 1 heterocycles. The van der Waals surface area contributed by atoms with Gasteiger partial charge in [-0.1, -0.05) is 23.7 Å². The first-order valence-electron chi connectivity index (χ1n) is 5.62. The Bertz CT molecular complexity index is 581. The molecule has 19 heavy (non-hydrogen) atoms. The summed E-state index contributed by atoms with van der Waals surface area (Å²) in [5.74, 6) is -0.148. The van der Waals surface area contributed by atoms with Crippen LogP contribution in [0.25, 0.3) is 10.6 Å². The minimum Gasteiger partial charge on any atom is -0.378 e. The van der Waals surface area contributed by atoms with Crippen molar-refractivity contribution in [2.24, 2.45) is 0 Å². The second kappa shape index (κ2) is 6.14. The predicted molar refractivity (Wildman–Crippen MR) is 76.7 cm³/mol. The van der Waals surface area contributed by atoms with Gasteiger partial charge in [0.05, 0.1) is 12.3 Å². The van der Waals surface area contributed by atoms with Crippen LogP contribution in [0.1, 0.15) is 15.4 Å². The Morgan fingerprint density at radius 3 is 2.68 bits per heavy atom. The van der Waals surface area contributed by atoms with E-state index in [2.05, 4.69) is 10.3 Å². The van der Waals surface area contributed by atoms with Gasteiger partial charge in [-0.3, -0.25) is 4.79 Å². The Hall–Kier alpha value is -1.43. The molecule has 0 bridgehead atoms. The molecule has 0 radical (unpaired) electrons. The second-order valence-corrected chi connectivity index (χ2v) is 5.25. The van der Waals surface area contributed by atoms with Gasteiger partial charge in [0.1, 0.15) is 9.88 Å². The highest BCUT2D eigenvalue weighted by molar-refractivity contribution is 7.17. The highest BCUT2D eigenvalue weighted by Crippen LogP contribution is 2.29. The van der Waals surface area contributed by atoms with Gasteiger partial charge in [0.2, 0.25) is 0 Å². The number of carbonyl (C=O) groups is 1. The van der Waals surface area contributed by atoms with Gasteiger partial charge in [-0.15, -0.1) is 11.3 Å². The van der Waals surface area contributed by atoms with E-state index >= 15 is 0 Å². The SMILES string of the molecule is CNC(=O)c1sc(-c2ccc(Cl)cc2)nc1COC. The lowest BCUT2D eigenvalue weighted by molar-refractivity contribution is 0.0962. The standard InChI is InChI=1S/C13H13ClN2O2S/c1-15-12(17)11-10(7-18-2)16-13(19-11)8-3-5-9(14)6-4-8/h3-6H,7H2,1-2H3,(H,15,17). The maximum Gasteiger partial charge on any atom is 0.263 e. The largest absolute Gasteiger partial charge is 0.378 e. The molecule has 4 nitrogen and oxygen atoms in total. The number of methoxy groups -OCH3 is 1. The van der Waals surface area contributed by atoms with Gasteiger partial charge in [0.25, 0.3) is 5.91 Å². The number of ether oxygens (including phenoxy) is 1. The maximum atomic E-state index is 11.8. The number of thiazole rings is 1. The zero-order valence-electron chi connectivity index (χ0n) is 10.6. The third kappa shape index (κ3) is 3.12. The Labute approximate surface area is 120 Å². The molecule has 2 aromatic rings. The maximum absolute atomic E-state index is 11.8. The average Bonchev–Trinajstić information content (AvgIpc) is 2.83. The Morgan fingerprint density at radius 2 is 2.11 bits per heavy atom. The summed E-state index contributed by atoms with van der Waals surface area (Å²) >= 11 is 7.20. The van der Waals surface area contributed by atoms with Crippen LogP contribution in [-0.4, -0.2) is 25.0 Å². The quantitative estimate of drug-likeness (QED) is 0.944. The van der Waals surface area contributed by atoms with Crippen molar-refractivity contribution in [3.05, 3.63) is 39.9 Å². The van der Waals surface area contributed by atoms with Crippen molar-refractivity contribution in [2.75, 3.05) is 14.2 Å². The number of carbonyl (C=O) groups excluding carboxylic acids is 1. The van der Waals surface area contributed by atoms with Gasteiger partial charge in [-0.2, -0.15) is 0 Å². The highest BCUT2D eigenvalue weighted by Gasteiger charge is 2.17. The fraction of sp³-hybridized carbons (Fsp3) is 0.231. The van der Waals surface area contributed by atoms with Crippen molar-refractivity contribution in [2.45, 2.75) is 6.61 Å². The molecule has 100 valence electrons. The van der Waals surface area contributed by atoms with Gasteiger partial charge in [0.15, 0.2) is 0 Å².